The zero-order valence-corrected chi connectivity index (χ0v) is 13.0. The van der Waals surface area contributed by atoms with Gasteiger partial charge in [0.05, 0.1) is 6.20 Å². The van der Waals surface area contributed by atoms with Crippen LogP contribution in [-0.2, 0) is 10.0 Å². The Morgan fingerprint density at radius 3 is 2.67 bits per heavy atom. The number of aromatic nitrogens is 2. The van der Waals surface area contributed by atoms with Gasteiger partial charge in [-0.25, -0.2) is 18.4 Å². The quantitative estimate of drug-likeness (QED) is 0.903. The zero-order chi connectivity index (χ0) is 13.3. The van der Waals surface area contributed by atoms with E-state index in [0.29, 0.717) is 5.56 Å². The largest absolute Gasteiger partial charge is 0.274 e. The van der Waals surface area contributed by atoms with E-state index in [0.717, 1.165) is 15.8 Å². The first-order valence-electron chi connectivity index (χ1n) is 4.65. The Balaban J connectivity index is 2.33. The lowest BCUT2D eigenvalue weighted by Crippen LogP contribution is -2.13. The lowest BCUT2D eigenvalue weighted by Gasteiger charge is -2.07. The molecule has 2 aromatic heterocycles. The molecule has 18 heavy (non-hydrogen) atoms. The minimum atomic E-state index is -3.68. The lowest BCUT2D eigenvalue weighted by atomic mass is 10.3. The molecule has 0 atom stereocenters. The van der Waals surface area contributed by atoms with Crippen LogP contribution in [0.15, 0.2) is 27.1 Å². The summed E-state index contributed by atoms with van der Waals surface area (Å²) < 4.78 is 27.4. The number of anilines is 1. The summed E-state index contributed by atoms with van der Waals surface area (Å²) in [5.74, 6) is 0.280. The third-order valence-corrected chi connectivity index (χ3v) is 5.35. The summed E-state index contributed by atoms with van der Waals surface area (Å²) in [4.78, 5) is 7.71. The van der Waals surface area contributed by atoms with Crippen LogP contribution in [0.25, 0.3) is 0 Å². The van der Waals surface area contributed by atoms with Gasteiger partial charge < -0.3 is 0 Å². The first-order valence-corrected chi connectivity index (χ1v) is 8.12. The molecule has 0 fully saturated rings. The zero-order valence-electron chi connectivity index (χ0n) is 9.02. The number of halogens is 2. The van der Waals surface area contributed by atoms with Gasteiger partial charge in [0.15, 0.2) is 8.68 Å². The number of rotatable bonds is 3. The molecule has 0 bridgehead atoms. The van der Waals surface area contributed by atoms with Crippen molar-refractivity contribution in [2.75, 3.05) is 4.72 Å². The molecule has 0 aliphatic carbocycles. The second-order valence-corrected chi connectivity index (χ2v) is 7.79. The van der Waals surface area contributed by atoms with Gasteiger partial charge in [-0.3, -0.25) is 4.72 Å². The van der Waals surface area contributed by atoms with Gasteiger partial charge in [-0.15, -0.1) is 0 Å². The van der Waals surface area contributed by atoms with Gasteiger partial charge in [0.25, 0.3) is 10.0 Å². The predicted octanol–water partition coefficient (Wildman–Crippen LogP) is 3.06. The first kappa shape index (κ1) is 13.7. The van der Waals surface area contributed by atoms with Crippen molar-refractivity contribution in [2.24, 2.45) is 0 Å². The summed E-state index contributed by atoms with van der Waals surface area (Å²) in [5, 5.41) is 0. The fourth-order valence-corrected chi connectivity index (χ4v) is 4.01. The van der Waals surface area contributed by atoms with E-state index in [2.05, 4.69) is 30.6 Å². The molecule has 0 amide bonds. The van der Waals surface area contributed by atoms with Crippen molar-refractivity contribution in [1.29, 1.82) is 0 Å². The molecule has 9 heteroatoms. The summed E-state index contributed by atoms with van der Waals surface area (Å²) in [7, 11) is -3.68. The first-order chi connectivity index (χ1) is 8.38. The van der Waals surface area contributed by atoms with Crippen molar-refractivity contribution in [1.82, 2.24) is 9.97 Å². The molecule has 1 N–H and O–H groups in total. The Morgan fingerprint density at radius 1 is 1.39 bits per heavy atom. The van der Waals surface area contributed by atoms with Crippen LogP contribution in [0.3, 0.4) is 0 Å². The topological polar surface area (TPSA) is 72.0 Å². The van der Waals surface area contributed by atoms with E-state index in [1.54, 1.807) is 13.0 Å². The van der Waals surface area contributed by atoms with Gasteiger partial charge in [0.2, 0.25) is 0 Å². The molecule has 2 heterocycles. The molecule has 0 unspecified atom stereocenters. The molecule has 0 radical (unpaired) electrons. The number of thiazole rings is 1. The molecule has 0 saturated heterocycles. The van der Waals surface area contributed by atoms with E-state index in [1.165, 1.54) is 12.4 Å². The molecule has 0 aliphatic rings. The maximum absolute atomic E-state index is 12.0. The Labute approximate surface area is 121 Å². The number of nitrogens with zero attached hydrogens (tertiary/aromatic N) is 2. The monoisotopic (exact) mass is 367 g/mol. The van der Waals surface area contributed by atoms with Crippen molar-refractivity contribution >= 4 is 54.7 Å². The van der Waals surface area contributed by atoms with E-state index in [-0.39, 0.29) is 14.5 Å². The summed E-state index contributed by atoms with van der Waals surface area (Å²) in [6, 6.07) is 1.77. The normalized spacial score (nSPS) is 11.5. The van der Waals surface area contributed by atoms with E-state index in [1.807, 2.05) is 0 Å². The summed E-state index contributed by atoms with van der Waals surface area (Å²) in [6.45, 7) is 1.76. The van der Waals surface area contributed by atoms with Crippen molar-refractivity contribution < 1.29 is 8.42 Å². The molecule has 0 saturated carbocycles. The Hall–Kier alpha value is -0.700. The maximum Gasteiger partial charge on any atom is 0.274 e. The van der Waals surface area contributed by atoms with E-state index >= 15 is 0 Å². The lowest BCUT2D eigenvalue weighted by molar-refractivity contribution is 0.602. The fraction of sp³-hybridized carbons (Fsp3) is 0.111. The molecule has 0 aliphatic heterocycles. The standard InChI is InChI=1S/C9H7BrClN3O2S2/c1-5-2-6(10)3-12-8(5)14-18(15,16)7-4-13-9(11)17-7/h2-4H,1H3,(H,12,14). The number of nitrogens with one attached hydrogen (secondary N) is 1. The number of sulfonamides is 1. The van der Waals surface area contributed by atoms with Crippen LogP contribution in [0.1, 0.15) is 5.56 Å². The van der Waals surface area contributed by atoms with E-state index in [9.17, 15) is 8.42 Å². The Morgan fingerprint density at radius 2 is 2.11 bits per heavy atom. The second-order valence-electron chi connectivity index (χ2n) is 3.36. The molecule has 2 rings (SSSR count). The average molecular weight is 369 g/mol. The fourth-order valence-electron chi connectivity index (χ4n) is 1.19. The molecule has 2 aromatic rings. The highest BCUT2D eigenvalue weighted by atomic mass is 79.9. The predicted molar refractivity (Wildman–Crippen MR) is 74.6 cm³/mol. The smallest absolute Gasteiger partial charge is 0.262 e. The highest BCUT2D eigenvalue weighted by Gasteiger charge is 2.19. The molecular weight excluding hydrogens is 362 g/mol. The van der Waals surface area contributed by atoms with Crippen LogP contribution < -0.4 is 4.72 Å². The minimum Gasteiger partial charge on any atom is -0.262 e. The minimum absolute atomic E-state index is 0.0524. The number of hydrogen-bond acceptors (Lipinski definition) is 5. The van der Waals surface area contributed by atoms with Crippen LogP contribution in [0, 0.1) is 6.92 Å². The van der Waals surface area contributed by atoms with Gasteiger partial charge in [-0.2, -0.15) is 0 Å². The highest BCUT2D eigenvalue weighted by Crippen LogP contribution is 2.25. The summed E-state index contributed by atoms with van der Waals surface area (Å²) in [6.07, 6.45) is 2.73. The molecular formula is C9H7BrClN3O2S2. The van der Waals surface area contributed by atoms with Crippen molar-refractivity contribution in [3.63, 3.8) is 0 Å². The maximum atomic E-state index is 12.0. The number of aryl methyl sites for hydroxylation is 1. The summed E-state index contributed by atoms with van der Waals surface area (Å²) >= 11 is 9.76. The third kappa shape index (κ3) is 3.00. The van der Waals surface area contributed by atoms with E-state index in [4.69, 9.17) is 11.6 Å². The SMILES string of the molecule is Cc1cc(Br)cnc1NS(=O)(=O)c1cnc(Cl)s1. The molecule has 0 spiro atoms. The van der Waals surface area contributed by atoms with Crippen molar-refractivity contribution in [3.05, 3.63) is 33.0 Å². The Kier molecular flexibility index (Phi) is 3.90. The van der Waals surface area contributed by atoms with Crippen LogP contribution in [0.2, 0.25) is 4.47 Å². The van der Waals surface area contributed by atoms with Crippen LogP contribution in [-0.4, -0.2) is 18.4 Å². The average Bonchev–Trinajstić information content (AvgIpc) is 2.70. The van der Waals surface area contributed by atoms with Crippen LogP contribution in [0.5, 0.6) is 0 Å². The third-order valence-electron chi connectivity index (χ3n) is 2.00. The van der Waals surface area contributed by atoms with Gasteiger partial charge in [-0.05, 0) is 34.5 Å². The molecule has 96 valence electrons. The van der Waals surface area contributed by atoms with Gasteiger partial charge in [-0.1, -0.05) is 22.9 Å². The molecule has 5 nitrogen and oxygen atoms in total. The molecule has 0 aromatic carbocycles. The Bertz CT molecular complexity index is 687. The number of pyridine rings is 1. The van der Waals surface area contributed by atoms with Gasteiger partial charge >= 0.3 is 0 Å². The van der Waals surface area contributed by atoms with Gasteiger partial charge in [0.1, 0.15) is 5.82 Å². The van der Waals surface area contributed by atoms with Crippen LogP contribution in [0.4, 0.5) is 5.82 Å². The second kappa shape index (κ2) is 5.12. The van der Waals surface area contributed by atoms with Crippen molar-refractivity contribution in [3.8, 4) is 0 Å². The highest BCUT2D eigenvalue weighted by molar-refractivity contribution is 9.10. The number of hydrogen-bond donors (Lipinski definition) is 1. The van der Waals surface area contributed by atoms with Crippen molar-refractivity contribution in [2.45, 2.75) is 11.1 Å². The van der Waals surface area contributed by atoms with Gasteiger partial charge in [0, 0.05) is 10.7 Å². The van der Waals surface area contributed by atoms with E-state index < -0.39 is 10.0 Å². The van der Waals surface area contributed by atoms with Crippen LogP contribution >= 0.6 is 38.9 Å². The summed E-state index contributed by atoms with van der Waals surface area (Å²) in [5.41, 5.74) is 0.712.